The molecule has 1 unspecified atom stereocenters. The molecule has 0 aliphatic rings. The van der Waals surface area contributed by atoms with E-state index < -0.39 is 6.10 Å². The average molecular weight is 184 g/mol. The third kappa shape index (κ3) is 2.75. The van der Waals surface area contributed by atoms with E-state index in [1.165, 1.54) is 12.5 Å². The Morgan fingerprint density at radius 3 is 3.00 bits per heavy atom. The SMILES string of the molecule is CC(O)C(=O)CCc1ccsc1. The fourth-order valence-corrected chi connectivity index (χ4v) is 1.61. The molecule has 0 saturated carbocycles. The van der Waals surface area contributed by atoms with Gasteiger partial charge in [-0.3, -0.25) is 4.79 Å². The fourth-order valence-electron chi connectivity index (χ4n) is 0.911. The number of aliphatic hydroxyl groups excluding tert-OH is 1. The number of carbonyl (C=O) groups excluding carboxylic acids is 1. The molecule has 0 bridgehead atoms. The van der Waals surface area contributed by atoms with E-state index in [4.69, 9.17) is 5.11 Å². The first-order valence-corrected chi connectivity index (χ1v) is 4.86. The maximum Gasteiger partial charge on any atom is 0.161 e. The highest BCUT2D eigenvalue weighted by Gasteiger charge is 2.08. The molecule has 1 rings (SSSR count). The Hall–Kier alpha value is -0.670. The van der Waals surface area contributed by atoms with Crippen LogP contribution in [0.25, 0.3) is 0 Å². The van der Waals surface area contributed by atoms with Gasteiger partial charge < -0.3 is 5.11 Å². The number of rotatable bonds is 4. The Kier molecular flexibility index (Phi) is 3.44. The van der Waals surface area contributed by atoms with Gasteiger partial charge in [0.15, 0.2) is 5.78 Å². The molecule has 0 spiro atoms. The lowest BCUT2D eigenvalue weighted by molar-refractivity contribution is -0.126. The number of hydrogen-bond donors (Lipinski definition) is 1. The Morgan fingerprint density at radius 1 is 1.75 bits per heavy atom. The molecule has 12 heavy (non-hydrogen) atoms. The van der Waals surface area contributed by atoms with Gasteiger partial charge in [-0.15, -0.1) is 0 Å². The Bertz CT molecular complexity index is 239. The van der Waals surface area contributed by atoms with Gasteiger partial charge in [-0.2, -0.15) is 11.3 Å². The molecule has 3 heteroatoms. The van der Waals surface area contributed by atoms with Crippen molar-refractivity contribution in [2.75, 3.05) is 0 Å². The summed E-state index contributed by atoms with van der Waals surface area (Å²) in [6.07, 6.45) is 0.366. The smallest absolute Gasteiger partial charge is 0.161 e. The van der Waals surface area contributed by atoms with Gasteiger partial charge >= 0.3 is 0 Å². The number of thiophene rings is 1. The zero-order valence-electron chi connectivity index (χ0n) is 6.99. The van der Waals surface area contributed by atoms with E-state index in [2.05, 4.69) is 0 Å². The predicted octanol–water partition coefficient (Wildman–Crippen LogP) is 1.63. The molecule has 0 aromatic carbocycles. The molecule has 1 aromatic heterocycles. The van der Waals surface area contributed by atoms with Crippen molar-refractivity contribution in [2.45, 2.75) is 25.9 Å². The van der Waals surface area contributed by atoms with Crippen molar-refractivity contribution < 1.29 is 9.90 Å². The van der Waals surface area contributed by atoms with Gasteiger partial charge in [0.25, 0.3) is 0 Å². The van der Waals surface area contributed by atoms with Crippen molar-refractivity contribution in [1.29, 1.82) is 0 Å². The summed E-state index contributed by atoms with van der Waals surface area (Å²) in [4.78, 5) is 11.0. The molecule has 0 amide bonds. The molecule has 66 valence electrons. The molecule has 2 nitrogen and oxygen atoms in total. The summed E-state index contributed by atoms with van der Waals surface area (Å²) in [6.45, 7) is 1.51. The summed E-state index contributed by atoms with van der Waals surface area (Å²) < 4.78 is 0. The van der Waals surface area contributed by atoms with Crippen LogP contribution in [-0.2, 0) is 11.2 Å². The molecule has 1 atom stereocenters. The molecule has 0 aliphatic carbocycles. The second-order valence-corrected chi connectivity index (χ2v) is 3.55. The first-order chi connectivity index (χ1) is 5.70. The fraction of sp³-hybridized carbons (Fsp3) is 0.444. The number of aryl methyl sites for hydroxylation is 1. The van der Waals surface area contributed by atoms with Crippen LogP contribution in [0.2, 0.25) is 0 Å². The minimum absolute atomic E-state index is 0.0822. The Balaban J connectivity index is 2.32. The maximum atomic E-state index is 11.0. The molecular weight excluding hydrogens is 172 g/mol. The van der Waals surface area contributed by atoms with E-state index in [9.17, 15) is 4.79 Å². The van der Waals surface area contributed by atoms with Crippen molar-refractivity contribution in [2.24, 2.45) is 0 Å². The Morgan fingerprint density at radius 2 is 2.50 bits per heavy atom. The standard InChI is InChI=1S/C9H12O2S/c1-7(10)9(11)3-2-8-4-5-12-6-8/h4-7,10H,2-3H2,1H3. The van der Waals surface area contributed by atoms with E-state index in [1.54, 1.807) is 11.3 Å². The van der Waals surface area contributed by atoms with Crippen LogP contribution >= 0.6 is 11.3 Å². The first-order valence-electron chi connectivity index (χ1n) is 3.92. The van der Waals surface area contributed by atoms with Crippen LogP contribution in [0.15, 0.2) is 16.8 Å². The molecule has 1 aromatic rings. The minimum Gasteiger partial charge on any atom is -0.386 e. The van der Waals surface area contributed by atoms with Crippen LogP contribution in [0, 0.1) is 0 Å². The lowest BCUT2D eigenvalue weighted by Gasteiger charge is -2.01. The van der Waals surface area contributed by atoms with Crippen LogP contribution in [0.3, 0.4) is 0 Å². The highest BCUT2D eigenvalue weighted by molar-refractivity contribution is 7.07. The van der Waals surface area contributed by atoms with E-state index in [0.717, 1.165) is 6.42 Å². The number of Topliss-reactive ketones (excluding diaryl/α,β-unsaturated/α-hetero) is 1. The van der Waals surface area contributed by atoms with Crippen LogP contribution in [-0.4, -0.2) is 17.0 Å². The third-order valence-corrected chi connectivity index (χ3v) is 2.44. The van der Waals surface area contributed by atoms with Gasteiger partial charge in [0.05, 0.1) is 0 Å². The zero-order chi connectivity index (χ0) is 8.97. The highest BCUT2D eigenvalue weighted by atomic mass is 32.1. The largest absolute Gasteiger partial charge is 0.386 e. The predicted molar refractivity (Wildman–Crippen MR) is 49.3 cm³/mol. The number of aliphatic hydroxyl groups is 1. The lowest BCUT2D eigenvalue weighted by atomic mass is 10.1. The van der Waals surface area contributed by atoms with Crippen molar-refractivity contribution in [3.05, 3.63) is 22.4 Å². The summed E-state index contributed by atoms with van der Waals surface area (Å²) in [5.41, 5.74) is 1.18. The van der Waals surface area contributed by atoms with Crippen molar-refractivity contribution in [3.8, 4) is 0 Å². The molecular formula is C9H12O2S. The minimum atomic E-state index is -0.816. The van der Waals surface area contributed by atoms with E-state index in [0.29, 0.717) is 6.42 Å². The molecule has 0 radical (unpaired) electrons. The maximum absolute atomic E-state index is 11.0. The molecule has 0 saturated heterocycles. The van der Waals surface area contributed by atoms with Crippen LogP contribution in [0.4, 0.5) is 0 Å². The lowest BCUT2D eigenvalue weighted by Crippen LogP contribution is -2.16. The van der Waals surface area contributed by atoms with Crippen molar-refractivity contribution >= 4 is 17.1 Å². The van der Waals surface area contributed by atoms with Gasteiger partial charge in [0, 0.05) is 6.42 Å². The summed E-state index contributed by atoms with van der Waals surface area (Å²) in [5.74, 6) is -0.0822. The number of ketones is 1. The van der Waals surface area contributed by atoms with Crippen LogP contribution in [0.5, 0.6) is 0 Å². The third-order valence-electron chi connectivity index (χ3n) is 1.71. The van der Waals surface area contributed by atoms with Crippen molar-refractivity contribution in [3.63, 3.8) is 0 Å². The summed E-state index contributed by atoms with van der Waals surface area (Å²) >= 11 is 1.63. The van der Waals surface area contributed by atoms with Gasteiger partial charge in [0.2, 0.25) is 0 Å². The monoisotopic (exact) mass is 184 g/mol. The van der Waals surface area contributed by atoms with E-state index >= 15 is 0 Å². The Labute approximate surface area is 75.9 Å². The van der Waals surface area contributed by atoms with Gasteiger partial charge in [0.1, 0.15) is 6.10 Å². The summed E-state index contributed by atoms with van der Waals surface area (Å²) in [5, 5.41) is 12.9. The van der Waals surface area contributed by atoms with Gasteiger partial charge in [-0.05, 0) is 35.7 Å². The summed E-state index contributed by atoms with van der Waals surface area (Å²) in [6, 6.07) is 2.00. The molecule has 1 heterocycles. The first kappa shape index (κ1) is 9.42. The quantitative estimate of drug-likeness (QED) is 0.772. The number of carbonyl (C=O) groups is 1. The van der Waals surface area contributed by atoms with Crippen molar-refractivity contribution in [1.82, 2.24) is 0 Å². The van der Waals surface area contributed by atoms with E-state index in [1.807, 2.05) is 16.8 Å². The molecule has 0 aliphatic heterocycles. The second-order valence-electron chi connectivity index (χ2n) is 2.77. The summed E-state index contributed by atoms with van der Waals surface area (Å²) in [7, 11) is 0. The average Bonchev–Trinajstić information content (AvgIpc) is 2.51. The van der Waals surface area contributed by atoms with Gasteiger partial charge in [-0.25, -0.2) is 0 Å². The van der Waals surface area contributed by atoms with Gasteiger partial charge in [-0.1, -0.05) is 0 Å². The van der Waals surface area contributed by atoms with E-state index in [-0.39, 0.29) is 5.78 Å². The second kappa shape index (κ2) is 4.38. The highest BCUT2D eigenvalue weighted by Crippen LogP contribution is 2.08. The van der Waals surface area contributed by atoms with Crippen LogP contribution < -0.4 is 0 Å². The molecule has 1 N–H and O–H groups in total. The zero-order valence-corrected chi connectivity index (χ0v) is 7.80. The number of hydrogen-bond acceptors (Lipinski definition) is 3. The molecule has 0 fully saturated rings. The van der Waals surface area contributed by atoms with Crippen LogP contribution in [0.1, 0.15) is 18.9 Å². The normalized spacial score (nSPS) is 12.8. The topological polar surface area (TPSA) is 37.3 Å².